The lowest BCUT2D eigenvalue weighted by Gasteiger charge is -1.98. The van der Waals surface area contributed by atoms with Crippen molar-refractivity contribution in [3.05, 3.63) is 59.1 Å². The Morgan fingerprint density at radius 2 is 2.17 bits per heavy atom. The third-order valence-electron chi connectivity index (χ3n) is 2.96. The van der Waals surface area contributed by atoms with E-state index in [1.807, 2.05) is 36.4 Å². The van der Waals surface area contributed by atoms with E-state index in [4.69, 9.17) is 11.6 Å². The highest BCUT2D eigenvalue weighted by atomic mass is 35.5. The normalized spacial score (nSPS) is 11.2. The predicted octanol–water partition coefficient (Wildman–Crippen LogP) is 3.46. The average molecular weight is 345 g/mol. The molecule has 5 nitrogen and oxygen atoms in total. The van der Waals surface area contributed by atoms with E-state index in [0.29, 0.717) is 10.2 Å². The molecule has 0 aliphatic heterocycles. The molecule has 1 amide bonds. The zero-order valence-electron chi connectivity index (χ0n) is 12.0. The van der Waals surface area contributed by atoms with Crippen LogP contribution in [-0.4, -0.2) is 27.8 Å². The van der Waals surface area contributed by atoms with Crippen molar-refractivity contribution >= 4 is 46.5 Å². The van der Waals surface area contributed by atoms with Gasteiger partial charge in [-0.15, -0.1) is 0 Å². The molecule has 0 unspecified atom stereocenters. The summed E-state index contributed by atoms with van der Waals surface area (Å²) in [6.07, 6.45) is 1.55. The Morgan fingerprint density at radius 1 is 1.30 bits per heavy atom. The first-order chi connectivity index (χ1) is 11.2. The van der Waals surface area contributed by atoms with Crippen LogP contribution < -0.4 is 5.43 Å². The molecule has 7 heteroatoms. The van der Waals surface area contributed by atoms with Crippen LogP contribution in [-0.2, 0) is 4.79 Å². The minimum Gasteiger partial charge on any atom is -0.333 e. The maximum absolute atomic E-state index is 11.8. The average Bonchev–Trinajstić information content (AvgIpc) is 2.96. The highest BCUT2D eigenvalue weighted by Crippen LogP contribution is 2.18. The first-order valence-electron chi connectivity index (χ1n) is 6.86. The molecule has 116 valence electrons. The second-order valence-corrected chi connectivity index (χ2v) is 6.10. The number of imidazole rings is 1. The van der Waals surface area contributed by atoms with Gasteiger partial charge < -0.3 is 4.98 Å². The Bertz CT molecular complexity index is 829. The van der Waals surface area contributed by atoms with Crippen molar-refractivity contribution in [2.75, 3.05) is 5.75 Å². The summed E-state index contributed by atoms with van der Waals surface area (Å²) in [4.78, 5) is 19.3. The second-order valence-electron chi connectivity index (χ2n) is 4.70. The van der Waals surface area contributed by atoms with Crippen LogP contribution in [0, 0.1) is 0 Å². The quantitative estimate of drug-likeness (QED) is 0.423. The lowest BCUT2D eigenvalue weighted by Crippen LogP contribution is -2.19. The van der Waals surface area contributed by atoms with E-state index >= 15 is 0 Å². The molecule has 0 saturated carbocycles. The van der Waals surface area contributed by atoms with Gasteiger partial charge in [0.1, 0.15) is 0 Å². The highest BCUT2D eigenvalue weighted by Gasteiger charge is 2.06. The second kappa shape index (κ2) is 7.30. The summed E-state index contributed by atoms with van der Waals surface area (Å²) in [5.74, 6) is 0.0286. The van der Waals surface area contributed by atoms with Crippen LogP contribution in [0.25, 0.3) is 11.0 Å². The van der Waals surface area contributed by atoms with E-state index in [2.05, 4.69) is 20.5 Å². The standard InChI is InChI=1S/C16H13ClN4OS/c17-12-5-3-4-11(8-12)9-18-21-15(22)10-23-16-19-13-6-1-2-7-14(13)20-16/h1-9H,10H2,(H,19,20)(H,21,22). The molecule has 2 N–H and O–H groups in total. The number of thioether (sulfide) groups is 1. The number of halogens is 1. The molecule has 0 fully saturated rings. The molecule has 0 radical (unpaired) electrons. The van der Waals surface area contributed by atoms with Gasteiger partial charge in [0.15, 0.2) is 5.16 Å². The molecule has 1 heterocycles. The summed E-state index contributed by atoms with van der Waals surface area (Å²) in [6, 6.07) is 14.9. The van der Waals surface area contributed by atoms with Crippen molar-refractivity contribution in [3.63, 3.8) is 0 Å². The van der Waals surface area contributed by atoms with Gasteiger partial charge in [-0.3, -0.25) is 4.79 Å². The molecule has 0 saturated heterocycles. The first-order valence-corrected chi connectivity index (χ1v) is 8.22. The predicted molar refractivity (Wildman–Crippen MR) is 94.0 cm³/mol. The Hall–Kier alpha value is -2.31. The molecule has 3 rings (SSSR count). The Kier molecular flexibility index (Phi) is 4.95. The summed E-state index contributed by atoms with van der Waals surface area (Å²) in [6.45, 7) is 0. The molecule has 3 aromatic rings. The third kappa shape index (κ3) is 4.34. The van der Waals surface area contributed by atoms with Crippen molar-refractivity contribution in [2.45, 2.75) is 5.16 Å². The number of carbonyl (C=O) groups is 1. The van der Waals surface area contributed by atoms with E-state index in [1.54, 1.807) is 18.3 Å². The van der Waals surface area contributed by atoms with E-state index in [1.165, 1.54) is 11.8 Å². The number of carbonyl (C=O) groups excluding carboxylic acids is 1. The van der Waals surface area contributed by atoms with Crippen molar-refractivity contribution < 1.29 is 4.79 Å². The van der Waals surface area contributed by atoms with E-state index in [0.717, 1.165) is 16.6 Å². The van der Waals surface area contributed by atoms with E-state index in [-0.39, 0.29) is 11.7 Å². The third-order valence-corrected chi connectivity index (χ3v) is 4.07. The first kappa shape index (κ1) is 15.6. The number of fused-ring (bicyclic) bond motifs is 1. The number of nitrogens with one attached hydrogen (secondary N) is 2. The van der Waals surface area contributed by atoms with Gasteiger partial charge in [-0.05, 0) is 29.8 Å². The van der Waals surface area contributed by atoms with Gasteiger partial charge >= 0.3 is 0 Å². The minimum absolute atomic E-state index is 0.200. The van der Waals surface area contributed by atoms with E-state index in [9.17, 15) is 4.79 Å². The molecular formula is C16H13ClN4OS. The Morgan fingerprint density at radius 3 is 3.00 bits per heavy atom. The Balaban J connectivity index is 1.51. The van der Waals surface area contributed by atoms with Crippen molar-refractivity contribution in [3.8, 4) is 0 Å². The lowest BCUT2D eigenvalue weighted by molar-refractivity contribution is -0.118. The number of nitrogens with zero attached hydrogens (tertiary/aromatic N) is 2. The summed E-state index contributed by atoms with van der Waals surface area (Å²) in [5, 5.41) is 5.24. The number of amides is 1. The number of H-pyrrole nitrogens is 1. The SMILES string of the molecule is O=C(CSc1nc2ccccc2[nH]1)NN=Cc1cccc(Cl)c1. The van der Waals surface area contributed by atoms with Crippen LogP contribution >= 0.6 is 23.4 Å². The monoisotopic (exact) mass is 344 g/mol. The summed E-state index contributed by atoms with van der Waals surface area (Å²) in [5.41, 5.74) is 5.14. The van der Waals surface area contributed by atoms with E-state index < -0.39 is 0 Å². The zero-order chi connectivity index (χ0) is 16.1. The molecule has 0 bridgehead atoms. The number of benzene rings is 2. The fourth-order valence-electron chi connectivity index (χ4n) is 1.93. The van der Waals surface area contributed by atoms with Gasteiger partial charge in [0.05, 0.1) is 23.0 Å². The number of aromatic amines is 1. The largest absolute Gasteiger partial charge is 0.333 e. The number of para-hydroxylation sites is 2. The smallest absolute Gasteiger partial charge is 0.250 e. The molecule has 1 aromatic heterocycles. The van der Waals surface area contributed by atoms with Gasteiger partial charge in [-0.25, -0.2) is 10.4 Å². The van der Waals surface area contributed by atoms with Gasteiger partial charge in [-0.2, -0.15) is 5.10 Å². The van der Waals surface area contributed by atoms with Gasteiger partial charge in [0.2, 0.25) is 0 Å². The molecule has 23 heavy (non-hydrogen) atoms. The van der Waals surface area contributed by atoms with Crippen molar-refractivity contribution in [1.29, 1.82) is 0 Å². The van der Waals surface area contributed by atoms with Crippen molar-refractivity contribution in [1.82, 2.24) is 15.4 Å². The van der Waals surface area contributed by atoms with Crippen LogP contribution in [0.15, 0.2) is 58.8 Å². The number of hydrogen-bond acceptors (Lipinski definition) is 4. The molecule has 0 aliphatic rings. The molecule has 0 aliphatic carbocycles. The maximum Gasteiger partial charge on any atom is 0.250 e. The maximum atomic E-state index is 11.8. The Labute approximate surface area is 142 Å². The van der Waals surface area contributed by atoms with Crippen molar-refractivity contribution in [2.24, 2.45) is 5.10 Å². The number of hydrazone groups is 1. The number of aromatic nitrogens is 2. The fourth-order valence-corrected chi connectivity index (χ4v) is 2.81. The fraction of sp³-hybridized carbons (Fsp3) is 0.0625. The molecule has 0 atom stereocenters. The number of rotatable bonds is 5. The molecule has 2 aromatic carbocycles. The number of hydrogen-bond donors (Lipinski definition) is 2. The van der Waals surface area contributed by atoms with Gasteiger partial charge in [0.25, 0.3) is 5.91 Å². The van der Waals surface area contributed by atoms with Crippen LogP contribution in [0.4, 0.5) is 0 Å². The summed E-state index contributed by atoms with van der Waals surface area (Å²) < 4.78 is 0. The lowest BCUT2D eigenvalue weighted by atomic mass is 10.2. The topological polar surface area (TPSA) is 70.1 Å². The zero-order valence-corrected chi connectivity index (χ0v) is 13.6. The molecule has 0 spiro atoms. The summed E-state index contributed by atoms with van der Waals surface area (Å²) >= 11 is 7.20. The van der Waals surface area contributed by atoms with Crippen LogP contribution in [0.3, 0.4) is 0 Å². The summed E-state index contributed by atoms with van der Waals surface area (Å²) in [7, 11) is 0. The van der Waals surface area contributed by atoms with Crippen LogP contribution in [0.5, 0.6) is 0 Å². The van der Waals surface area contributed by atoms with Gasteiger partial charge in [0, 0.05) is 5.02 Å². The van der Waals surface area contributed by atoms with Crippen LogP contribution in [0.1, 0.15) is 5.56 Å². The minimum atomic E-state index is -0.200. The highest BCUT2D eigenvalue weighted by molar-refractivity contribution is 7.99. The van der Waals surface area contributed by atoms with Gasteiger partial charge in [-0.1, -0.05) is 47.6 Å². The van der Waals surface area contributed by atoms with Crippen LogP contribution in [0.2, 0.25) is 5.02 Å². The molecular weight excluding hydrogens is 332 g/mol.